The molecule has 0 atom stereocenters. The fourth-order valence-electron chi connectivity index (χ4n) is 16.5. The van der Waals surface area contributed by atoms with Gasteiger partial charge in [0.2, 0.25) is 0 Å². The topological polar surface area (TPSA) is 77.3 Å². The predicted molar refractivity (Wildman–Crippen MR) is 399 cm³/mol. The second kappa shape index (κ2) is 24.1. The highest BCUT2D eigenvalue weighted by Gasteiger charge is 2.42. The molecule has 0 bridgehead atoms. The maximum absolute atomic E-state index is 4.63. The molecule has 0 N–H and O–H groups in total. The molecule has 12 aromatic rings. The van der Waals surface area contributed by atoms with E-state index in [4.69, 9.17) is 0 Å². The molecule has 6 aliphatic carbocycles. The van der Waals surface area contributed by atoms with Gasteiger partial charge < -0.3 is 0 Å². The summed E-state index contributed by atoms with van der Waals surface area (Å²) >= 11 is 0. The number of fused-ring (bicyclic) bond motifs is 18. The molecular weight excluding hydrogens is 1170 g/mol. The van der Waals surface area contributed by atoms with Crippen LogP contribution in [0, 0.1) is 41.5 Å². The van der Waals surface area contributed by atoms with Crippen LogP contribution in [0.2, 0.25) is 0 Å². The molecule has 0 radical (unpaired) electrons. The van der Waals surface area contributed by atoms with Crippen LogP contribution in [0.25, 0.3) is 66.8 Å². The SMILES string of the molecule is Cc1ccc2c(c1)-c1cccnc1C2(C)C.Cc1ccc2c(c1)C(C)(C)c1ncccc1-2.Cc1cccc2c1-c1cccnc1C2(C)C.Cc1cccc2c1C(C)(C)c1ncccc1-2.Cc1ccnc2c1-c1ccccc1C2(C)C.Cc1cnc2c(c1)-c1ccccc1C2(C)C. The van der Waals surface area contributed by atoms with Crippen molar-refractivity contribution in [1.29, 1.82) is 0 Å². The highest BCUT2D eigenvalue weighted by molar-refractivity contribution is 5.85. The zero-order valence-electron chi connectivity index (χ0n) is 59.5. The second-order valence-corrected chi connectivity index (χ2v) is 30.3. The average molecular weight is 1260 g/mol. The van der Waals surface area contributed by atoms with E-state index in [-0.39, 0.29) is 32.5 Å². The van der Waals surface area contributed by atoms with Gasteiger partial charge in [-0.25, -0.2) is 0 Å². The van der Waals surface area contributed by atoms with Gasteiger partial charge in [-0.05, 0) is 167 Å². The van der Waals surface area contributed by atoms with Gasteiger partial charge in [0.25, 0.3) is 0 Å². The van der Waals surface area contributed by atoms with Crippen LogP contribution in [0.3, 0.4) is 0 Å². The van der Waals surface area contributed by atoms with E-state index < -0.39 is 0 Å². The second-order valence-electron chi connectivity index (χ2n) is 30.3. The third-order valence-electron chi connectivity index (χ3n) is 21.4. The summed E-state index contributed by atoms with van der Waals surface area (Å²) < 4.78 is 0. The monoisotopic (exact) mass is 1250 g/mol. The first kappa shape index (κ1) is 64.9. The first-order chi connectivity index (χ1) is 45.7. The molecule has 6 aromatic heterocycles. The van der Waals surface area contributed by atoms with E-state index in [0.717, 1.165) is 0 Å². The standard InChI is InChI=1S/6C15H15N/c1-10-6-4-8-12-13(10)11-7-5-9-16-14(11)15(12,2)3;1-10-6-4-7-11-12-8-5-9-16-14(12)15(2,3)13(10)11;1-10-6-7-11-12-5-4-8-16-14(12)15(2,3)13(11)9-10;1-10-6-7-13-12(9-10)11-5-4-8-16-14(11)15(13,2)3;1-10-8-12-11-6-4-5-7-13(11)15(2,3)14(12)16-9-10;1-10-8-9-16-14-13(10)11-6-4-5-7-12(11)15(14,2)3/h6*4-9H,1-3H3. The molecule has 0 unspecified atom stereocenters. The molecule has 0 spiro atoms. The molecule has 0 fully saturated rings. The van der Waals surface area contributed by atoms with E-state index >= 15 is 0 Å². The molecule has 6 aromatic carbocycles. The summed E-state index contributed by atoms with van der Waals surface area (Å²) in [4.78, 5) is 27.5. The minimum absolute atomic E-state index is 0.0390. The van der Waals surface area contributed by atoms with Crippen molar-refractivity contribution in [2.24, 2.45) is 0 Å². The van der Waals surface area contributed by atoms with Crippen LogP contribution in [-0.2, 0) is 32.5 Å². The first-order valence-electron chi connectivity index (χ1n) is 34.1. The lowest BCUT2D eigenvalue weighted by Crippen LogP contribution is -2.17. The van der Waals surface area contributed by atoms with Crippen LogP contribution in [0.15, 0.2) is 219 Å². The Kier molecular flexibility index (Phi) is 16.3. The maximum atomic E-state index is 4.63. The molecule has 6 aliphatic rings. The number of nitrogens with zero attached hydrogens (tertiary/aromatic N) is 6. The zero-order valence-corrected chi connectivity index (χ0v) is 59.5. The van der Waals surface area contributed by atoms with E-state index in [1.54, 1.807) is 0 Å². The Hall–Kier alpha value is -9.78. The quantitative estimate of drug-likeness (QED) is 0.151. The van der Waals surface area contributed by atoms with Gasteiger partial charge in [-0.2, -0.15) is 0 Å². The molecule has 0 saturated carbocycles. The molecule has 18 rings (SSSR count). The van der Waals surface area contributed by atoms with Crippen LogP contribution < -0.4 is 0 Å². The molecule has 480 valence electrons. The minimum atomic E-state index is 0.0390. The summed E-state index contributed by atoms with van der Waals surface area (Å²) in [5, 5.41) is 0. The Labute approximate surface area is 570 Å². The first-order valence-corrected chi connectivity index (χ1v) is 34.1. The zero-order chi connectivity index (χ0) is 68.0. The fourth-order valence-corrected chi connectivity index (χ4v) is 16.5. The van der Waals surface area contributed by atoms with Crippen molar-refractivity contribution in [1.82, 2.24) is 29.9 Å². The molecule has 6 nitrogen and oxygen atoms in total. The van der Waals surface area contributed by atoms with Crippen molar-refractivity contribution in [2.45, 2.75) is 157 Å². The van der Waals surface area contributed by atoms with Crippen LogP contribution >= 0.6 is 0 Å². The van der Waals surface area contributed by atoms with Crippen molar-refractivity contribution in [2.75, 3.05) is 0 Å². The highest BCUT2D eigenvalue weighted by Crippen LogP contribution is 2.53. The largest absolute Gasteiger partial charge is 0.260 e. The van der Waals surface area contributed by atoms with Crippen molar-refractivity contribution >= 4 is 0 Å². The number of benzene rings is 6. The molecule has 0 amide bonds. The number of hydrogen-bond donors (Lipinski definition) is 0. The smallest absolute Gasteiger partial charge is 0.0584 e. The number of aromatic nitrogens is 6. The molecule has 0 saturated heterocycles. The van der Waals surface area contributed by atoms with Gasteiger partial charge in [0, 0.05) is 103 Å². The molecular formula is C90H90N6. The maximum Gasteiger partial charge on any atom is 0.0584 e. The molecule has 6 heterocycles. The van der Waals surface area contributed by atoms with Crippen molar-refractivity contribution in [3.05, 3.63) is 320 Å². The summed E-state index contributed by atoms with van der Waals surface area (Å²) in [6.07, 6.45) is 11.4. The van der Waals surface area contributed by atoms with Crippen molar-refractivity contribution < 1.29 is 0 Å². The normalized spacial score (nSPS) is 15.7. The minimum Gasteiger partial charge on any atom is -0.260 e. The summed E-state index contributed by atoms with van der Waals surface area (Å²) in [5.74, 6) is 0. The van der Waals surface area contributed by atoms with Crippen molar-refractivity contribution in [3.63, 3.8) is 0 Å². The van der Waals surface area contributed by atoms with E-state index in [1.807, 2.05) is 61.4 Å². The van der Waals surface area contributed by atoms with Gasteiger partial charge in [-0.1, -0.05) is 240 Å². The summed E-state index contributed by atoms with van der Waals surface area (Å²) in [6.45, 7) is 40.0. The van der Waals surface area contributed by atoms with E-state index in [2.05, 4.69) is 312 Å². The van der Waals surface area contributed by atoms with Crippen LogP contribution in [0.4, 0.5) is 0 Å². The van der Waals surface area contributed by atoms with Gasteiger partial charge in [0.05, 0.1) is 34.2 Å². The lowest BCUT2D eigenvalue weighted by atomic mass is 9.83. The third kappa shape index (κ3) is 10.7. The fraction of sp³-hybridized carbons (Fsp3) is 0.267. The number of pyridine rings is 6. The Morgan fingerprint density at radius 2 is 0.615 bits per heavy atom. The number of aryl methyl sites for hydroxylation is 6. The van der Waals surface area contributed by atoms with Crippen LogP contribution in [-0.4, -0.2) is 29.9 Å². The summed E-state index contributed by atoms with van der Waals surface area (Å²) in [6, 6.07) is 64.9. The van der Waals surface area contributed by atoms with Gasteiger partial charge in [0.15, 0.2) is 0 Å². The summed E-state index contributed by atoms with van der Waals surface area (Å²) in [7, 11) is 0. The van der Waals surface area contributed by atoms with Crippen LogP contribution in [0.5, 0.6) is 0 Å². The average Bonchev–Trinajstić information content (AvgIpc) is 1.62. The third-order valence-corrected chi connectivity index (χ3v) is 21.4. The Morgan fingerprint density at radius 3 is 1.26 bits per heavy atom. The van der Waals surface area contributed by atoms with Gasteiger partial charge >= 0.3 is 0 Å². The number of rotatable bonds is 0. The molecule has 6 heteroatoms. The lowest BCUT2D eigenvalue weighted by Gasteiger charge is -2.21. The Balaban J connectivity index is 0.000000104. The number of hydrogen-bond acceptors (Lipinski definition) is 6. The van der Waals surface area contributed by atoms with Crippen LogP contribution in [0.1, 0.15) is 184 Å². The Morgan fingerprint density at radius 1 is 0.219 bits per heavy atom. The van der Waals surface area contributed by atoms with E-state index in [1.165, 1.54) is 168 Å². The van der Waals surface area contributed by atoms with E-state index in [9.17, 15) is 0 Å². The van der Waals surface area contributed by atoms with Crippen molar-refractivity contribution in [3.8, 4) is 66.8 Å². The van der Waals surface area contributed by atoms with E-state index in [0.29, 0.717) is 0 Å². The van der Waals surface area contributed by atoms with Gasteiger partial charge in [0.1, 0.15) is 0 Å². The predicted octanol–water partition coefficient (Wildman–Crippen LogP) is 22.2. The lowest BCUT2D eigenvalue weighted by molar-refractivity contribution is 0.633. The van der Waals surface area contributed by atoms with Gasteiger partial charge in [-0.15, -0.1) is 0 Å². The molecule has 0 aliphatic heterocycles. The Bertz CT molecular complexity index is 4800. The summed E-state index contributed by atoms with van der Waals surface area (Å²) in [5.41, 5.74) is 39.8. The molecule has 96 heavy (non-hydrogen) atoms. The van der Waals surface area contributed by atoms with Gasteiger partial charge in [-0.3, -0.25) is 29.9 Å². The highest BCUT2D eigenvalue weighted by atomic mass is 14.8.